The van der Waals surface area contributed by atoms with Gasteiger partial charge in [0, 0.05) is 22.4 Å². The highest BCUT2D eigenvalue weighted by Crippen LogP contribution is 2.42. The molecule has 5 heteroatoms. The second-order valence-electron chi connectivity index (χ2n) is 6.45. The number of nitrogens with zero attached hydrogens (tertiary/aromatic N) is 1. The molecule has 0 saturated heterocycles. The van der Waals surface area contributed by atoms with Gasteiger partial charge in [-0.2, -0.15) is 4.99 Å². The second-order valence-corrected chi connectivity index (χ2v) is 7.36. The summed E-state index contributed by atoms with van der Waals surface area (Å²) >= 11 is 3.47. The number of rotatable bonds is 6. The van der Waals surface area contributed by atoms with Crippen LogP contribution in [0.1, 0.15) is 43.7 Å². The summed E-state index contributed by atoms with van der Waals surface area (Å²) in [5.41, 5.74) is 0.471. The van der Waals surface area contributed by atoms with Gasteiger partial charge >= 0.3 is 0 Å². The Hall–Kier alpha value is -2.27. The first kappa shape index (κ1) is 18.5. The second kappa shape index (κ2) is 7.54. The van der Waals surface area contributed by atoms with Gasteiger partial charge in [0.15, 0.2) is 5.60 Å². The fraction of sp³-hybridized carbons (Fsp3) is 0.286. The van der Waals surface area contributed by atoms with E-state index in [0.29, 0.717) is 12.3 Å². The topological polar surface area (TPSA) is 55.7 Å². The first-order valence-corrected chi connectivity index (χ1v) is 9.38. The van der Waals surface area contributed by atoms with Gasteiger partial charge in [0.25, 0.3) is 5.91 Å². The SMILES string of the molecule is CC[C@@]1([C@H](CC(C)=O)c2cccc(Br)c2)OC(c2ccccc2)=NC1=O. The Labute approximate surface area is 161 Å². The molecule has 0 N–H and O–H groups in total. The van der Waals surface area contributed by atoms with E-state index in [9.17, 15) is 9.59 Å². The molecular formula is C21H20BrNO3. The van der Waals surface area contributed by atoms with E-state index >= 15 is 0 Å². The minimum Gasteiger partial charge on any atom is -0.460 e. The van der Waals surface area contributed by atoms with Gasteiger partial charge in [0.05, 0.1) is 0 Å². The lowest BCUT2D eigenvalue weighted by Gasteiger charge is -2.34. The molecule has 1 heterocycles. The number of benzene rings is 2. The van der Waals surface area contributed by atoms with E-state index in [0.717, 1.165) is 15.6 Å². The third kappa shape index (κ3) is 3.49. The average Bonchev–Trinajstić information content (AvgIpc) is 2.98. The molecule has 134 valence electrons. The molecule has 2 aromatic carbocycles. The summed E-state index contributed by atoms with van der Waals surface area (Å²) in [5, 5.41) is 0. The number of halogens is 1. The minimum absolute atomic E-state index is 0.00682. The number of hydrogen-bond donors (Lipinski definition) is 0. The van der Waals surface area contributed by atoms with Crippen LogP contribution in [0.4, 0.5) is 0 Å². The summed E-state index contributed by atoms with van der Waals surface area (Å²) in [7, 11) is 0. The van der Waals surface area contributed by atoms with Gasteiger partial charge in [-0.25, -0.2) is 0 Å². The summed E-state index contributed by atoms with van der Waals surface area (Å²) < 4.78 is 7.08. The van der Waals surface area contributed by atoms with Crippen molar-refractivity contribution < 1.29 is 14.3 Å². The Kier molecular flexibility index (Phi) is 5.37. The van der Waals surface area contributed by atoms with E-state index in [1.54, 1.807) is 0 Å². The van der Waals surface area contributed by atoms with Crippen molar-refractivity contribution in [1.29, 1.82) is 0 Å². The number of Topliss-reactive ketones (excluding diaryl/α,β-unsaturated/α-hetero) is 1. The summed E-state index contributed by atoms with van der Waals surface area (Å²) in [6, 6.07) is 17.0. The average molecular weight is 414 g/mol. The van der Waals surface area contributed by atoms with Gasteiger partial charge in [-0.15, -0.1) is 0 Å². The van der Waals surface area contributed by atoms with Crippen molar-refractivity contribution in [3.05, 3.63) is 70.2 Å². The smallest absolute Gasteiger partial charge is 0.293 e. The number of carbonyl (C=O) groups is 2. The number of ether oxygens (including phenoxy) is 1. The lowest BCUT2D eigenvalue weighted by molar-refractivity contribution is -0.134. The van der Waals surface area contributed by atoms with E-state index in [-0.39, 0.29) is 18.1 Å². The zero-order chi connectivity index (χ0) is 18.7. The van der Waals surface area contributed by atoms with Gasteiger partial charge in [-0.3, -0.25) is 4.79 Å². The third-order valence-electron chi connectivity index (χ3n) is 4.70. The zero-order valence-corrected chi connectivity index (χ0v) is 16.3. The number of carbonyl (C=O) groups excluding carboxylic acids is 2. The van der Waals surface area contributed by atoms with E-state index in [4.69, 9.17) is 4.74 Å². The molecule has 2 atom stereocenters. The van der Waals surface area contributed by atoms with Crippen molar-refractivity contribution in [2.75, 3.05) is 0 Å². The Balaban J connectivity index is 2.04. The molecule has 1 amide bonds. The number of amides is 1. The minimum atomic E-state index is -1.17. The summed E-state index contributed by atoms with van der Waals surface area (Å²) in [6.45, 7) is 3.43. The van der Waals surface area contributed by atoms with Crippen LogP contribution in [-0.2, 0) is 14.3 Å². The largest absolute Gasteiger partial charge is 0.460 e. The number of ketones is 1. The molecule has 0 spiro atoms. The first-order chi connectivity index (χ1) is 12.5. The quantitative estimate of drug-likeness (QED) is 0.691. The number of aliphatic imine (C=N–C) groups is 1. The molecule has 1 aliphatic rings. The molecule has 3 rings (SSSR count). The lowest BCUT2D eigenvalue weighted by atomic mass is 9.77. The maximum Gasteiger partial charge on any atom is 0.293 e. The van der Waals surface area contributed by atoms with Gasteiger partial charge < -0.3 is 9.53 Å². The highest BCUT2D eigenvalue weighted by molar-refractivity contribution is 9.10. The standard InChI is InChI=1S/C21H20BrNO3/c1-3-21(18(12-14(2)24)16-10-7-11-17(22)13-16)20(25)23-19(26-21)15-8-5-4-6-9-15/h4-11,13,18H,3,12H2,1-2H3/t18-,21+/m1/s1. The van der Waals surface area contributed by atoms with E-state index in [1.807, 2.05) is 61.5 Å². The lowest BCUT2D eigenvalue weighted by Crippen LogP contribution is -2.44. The van der Waals surface area contributed by atoms with Crippen molar-refractivity contribution in [1.82, 2.24) is 0 Å². The van der Waals surface area contributed by atoms with Crippen LogP contribution in [0.5, 0.6) is 0 Å². The molecular weight excluding hydrogens is 394 g/mol. The van der Waals surface area contributed by atoms with Crippen molar-refractivity contribution in [3.63, 3.8) is 0 Å². The Morgan fingerprint density at radius 2 is 1.92 bits per heavy atom. The molecule has 0 fully saturated rings. The van der Waals surface area contributed by atoms with Crippen LogP contribution in [0.15, 0.2) is 64.1 Å². The van der Waals surface area contributed by atoms with Crippen LogP contribution in [0.2, 0.25) is 0 Å². The van der Waals surface area contributed by atoms with E-state index < -0.39 is 11.5 Å². The molecule has 26 heavy (non-hydrogen) atoms. The fourth-order valence-electron chi connectivity index (χ4n) is 3.38. The normalized spacial score (nSPS) is 20.4. The molecule has 0 unspecified atom stereocenters. The molecule has 0 radical (unpaired) electrons. The van der Waals surface area contributed by atoms with Crippen LogP contribution in [-0.4, -0.2) is 23.2 Å². The number of hydrogen-bond acceptors (Lipinski definition) is 3. The third-order valence-corrected chi connectivity index (χ3v) is 5.19. The van der Waals surface area contributed by atoms with Crippen LogP contribution in [0.25, 0.3) is 0 Å². The van der Waals surface area contributed by atoms with Gasteiger partial charge in [-0.05, 0) is 43.2 Å². The molecule has 2 aromatic rings. The Morgan fingerprint density at radius 1 is 1.19 bits per heavy atom. The van der Waals surface area contributed by atoms with Gasteiger partial charge in [0.1, 0.15) is 5.78 Å². The van der Waals surface area contributed by atoms with Crippen molar-refractivity contribution in [2.45, 2.75) is 38.2 Å². The summed E-state index contributed by atoms with van der Waals surface area (Å²) in [5.74, 6) is -0.404. The predicted molar refractivity (Wildman–Crippen MR) is 104 cm³/mol. The Bertz CT molecular complexity index is 863. The summed E-state index contributed by atoms with van der Waals surface area (Å²) in [4.78, 5) is 29.1. The molecule has 0 bridgehead atoms. The maximum absolute atomic E-state index is 13.0. The highest BCUT2D eigenvalue weighted by atomic mass is 79.9. The van der Waals surface area contributed by atoms with Crippen LogP contribution < -0.4 is 0 Å². The van der Waals surface area contributed by atoms with Gasteiger partial charge in [0.2, 0.25) is 5.90 Å². The molecule has 0 saturated carbocycles. The van der Waals surface area contributed by atoms with E-state index in [2.05, 4.69) is 20.9 Å². The van der Waals surface area contributed by atoms with Crippen LogP contribution in [0.3, 0.4) is 0 Å². The maximum atomic E-state index is 13.0. The molecule has 0 aliphatic carbocycles. The van der Waals surface area contributed by atoms with Crippen molar-refractivity contribution in [3.8, 4) is 0 Å². The predicted octanol–water partition coefficient (Wildman–Crippen LogP) is 4.66. The summed E-state index contributed by atoms with van der Waals surface area (Å²) in [6.07, 6.45) is 0.643. The highest BCUT2D eigenvalue weighted by Gasteiger charge is 2.52. The van der Waals surface area contributed by atoms with E-state index in [1.165, 1.54) is 6.92 Å². The Morgan fingerprint density at radius 3 is 2.54 bits per heavy atom. The zero-order valence-electron chi connectivity index (χ0n) is 14.7. The van der Waals surface area contributed by atoms with Crippen LogP contribution in [0, 0.1) is 0 Å². The monoisotopic (exact) mass is 413 g/mol. The van der Waals surface area contributed by atoms with Crippen molar-refractivity contribution in [2.24, 2.45) is 4.99 Å². The van der Waals surface area contributed by atoms with Crippen molar-refractivity contribution >= 4 is 33.5 Å². The molecule has 0 aromatic heterocycles. The van der Waals surface area contributed by atoms with Gasteiger partial charge in [-0.1, -0.05) is 53.2 Å². The first-order valence-electron chi connectivity index (χ1n) is 8.58. The fourth-order valence-corrected chi connectivity index (χ4v) is 3.80. The van der Waals surface area contributed by atoms with Crippen LogP contribution >= 0.6 is 15.9 Å². The molecule has 1 aliphatic heterocycles. The molecule has 4 nitrogen and oxygen atoms in total.